The number of hydrogen-bond acceptors (Lipinski definition) is 17. The minimum absolute atomic E-state index is 0.0114. The van der Waals surface area contributed by atoms with Crippen LogP contribution in [-0.2, 0) is 32.2 Å². The van der Waals surface area contributed by atoms with Crippen LogP contribution in [0.5, 0.6) is 0 Å². The van der Waals surface area contributed by atoms with E-state index in [0.717, 1.165) is 12.7 Å². The van der Waals surface area contributed by atoms with Crippen LogP contribution in [0.15, 0.2) is 30.1 Å². The third-order valence-corrected chi connectivity index (χ3v) is 8.74. The van der Waals surface area contributed by atoms with Crippen LogP contribution < -0.4 is 11.3 Å². The molecule has 45 heavy (non-hydrogen) atoms. The summed E-state index contributed by atoms with van der Waals surface area (Å²) in [4.78, 5) is 54.4. The first-order chi connectivity index (χ1) is 21.5. The van der Waals surface area contributed by atoms with E-state index >= 15 is 0 Å². The van der Waals surface area contributed by atoms with Gasteiger partial charge >= 0.3 is 16.1 Å². The van der Waals surface area contributed by atoms with Crippen LogP contribution in [-0.4, -0.2) is 114 Å². The van der Waals surface area contributed by atoms with Crippen molar-refractivity contribution in [3.8, 4) is 0 Å². The molecule has 4 aromatic heterocycles. The van der Waals surface area contributed by atoms with Crippen LogP contribution in [0, 0.1) is 0 Å². The van der Waals surface area contributed by atoms with Crippen molar-refractivity contribution in [1.82, 2.24) is 39.0 Å². The van der Waals surface area contributed by atoms with Gasteiger partial charge in [-0.25, -0.2) is 29.5 Å². The maximum Gasteiger partial charge on any atom is 0.472 e. The lowest BCUT2D eigenvalue weighted by atomic mass is 10.1. The molecule has 6 rings (SSSR count). The molecule has 2 fully saturated rings. The maximum absolute atomic E-state index is 13.0. The van der Waals surface area contributed by atoms with E-state index in [1.165, 1.54) is 21.8 Å². The monoisotopic (exact) mass is 675 g/mol. The third-order valence-electron chi connectivity index (χ3n) is 7.25. The highest BCUT2D eigenvalue weighted by Gasteiger charge is 2.50. The van der Waals surface area contributed by atoms with Crippen LogP contribution in [0.4, 0.5) is 5.82 Å². The summed E-state index contributed by atoms with van der Waals surface area (Å²) < 4.78 is 54.0. The number of anilines is 1. The maximum atomic E-state index is 13.0. The van der Waals surface area contributed by atoms with Gasteiger partial charge in [-0.2, -0.15) is 0 Å². The van der Waals surface area contributed by atoms with Crippen molar-refractivity contribution >= 4 is 44.2 Å². The van der Waals surface area contributed by atoms with Crippen LogP contribution in [0.25, 0.3) is 22.3 Å². The number of phosphoric acid groups is 1. The Bertz CT molecular complexity index is 1820. The van der Waals surface area contributed by atoms with Crippen molar-refractivity contribution in [2.75, 3.05) is 18.9 Å². The highest BCUT2D eigenvalue weighted by atomic mass is 31.2. The number of rotatable bonds is 11. The third kappa shape index (κ3) is 6.03. The zero-order chi connectivity index (χ0) is 32.0. The summed E-state index contributed by atoms with van der Waals surface area (Å²) >= 11 is 0. The van der Waals surface area contributed by atoms with Gasteiger partial charge in [-0.05, 0) is 0 Å². The van der Waals surface area contributed by atoms with Crippen molar-refractivity contribution in [2.45, 2.75) is 55.5 Å². The topological polar surface area (TPSA) is 315 Å². The first-order valence-corrected chi connectivity index (χ1v) is 15.9. The molecular weight excluding hydrogens is 648 g/mol. The number of imidazole rings is 2. The van der Waals surface area contributed by atoms with E-state index in [0.29, 0.717) is 0 Å². The zero-order valence-electron chi connectivity index (χ0n) is 22.7. The molecule has 0 amide bonds. The molecule has 244 valence electrons. The number of aromatic nitrogens is 8. The first-order valence-electron chi connectivity index (χ1n) is 13.2. The summed E-state index contributed by atoms with van der Waals surface area (Å²) in [7, 11) is -8.58. The Morgan fingerprint density at radius 1 is 1.00 bits per heavy atom. The second kappa shape index (κ2) is 12.5. The fourth-order valence-electron chi connectivity index (χ4n) is 5.22. The van der Waals surface area contributed by atoms with Crippen molar-refractivity contribution in [3.63, 3.8) is 0 Å². The van der Waals surface area contributed by atoms with Crippen LogP contribution >= 0.6 is 16.1 Å². The number of nitrogens with two attached hydrogens (primary N) is 1. The molecular formula is C21H27N9O13P2. The molecule has 8 N–H and O–H groups in total. The van der Waals surface area contributed by atoms with Crippen LogP contribution in [0.3, 0.4) is 0 Å². The summed E-state index contributed by atoms with van der Waals surface area (Å²) in [5, 5.41) is 31.3. The lowest BCUT2D eigenvalue weighted by Crippen LogP contribution is -2.35. The largest absolute Gasteiger partial charge is 0.472 e. The van der Waals surface area contributed by atoms with Gasteiger partial charge in [0.1, 0.15) is 42.4 Å². The second-order valence-electron chi connectivity index (χ2n) is 9.94. The zero-order valence-corrected chi connectivity index (χ0v) is 24.6. The van der Waals surface area contributed by atoms with E-state index in [4.69, 9.17) is 28.8 Å². The summed E-state index contributed by atoms with van der Waals surface area (Å²) in [5.74, 6) is 0.0691. The predicted octanol–water partition coefficient (Wildman–Crippen LogP) is -2.29. The van der Waals surface area contributed by atoms with E-state index in [1.54, 1.807) is 0 Å². The lowest BCUT2D eigenvalue weighted by molar-refractivity contribution is -0.0528. The molecule has 4 aromatic rings. The number of phosphoric ester groups is 1. The Labute approximate surface area is 250 Å². The van der Waals surface area contributed by atoms with Gasteiger partial charge in [0.2, 0.25) is 0 Å². The molecule has 0 spiro atoms. The molecule has 2 aliphatic rings. The molecule has 10 atom stereocenters. The van der Waals surface area contributed by atoms with Gasteiger partial charge in [-0.1, -0.05) is 0 Å². The SMILES string of the molecule is Nc1ncnc2c1ncn2[C@@H]1O[C@H](CCOP(=O)(O)O[C@@H]2[C@H](O)[C@@H](CO)O[C@H]2n2cnc3c(=O)[nH]cnc32)[C@@H](O[PH](=O)O)[C@H]1O. The number of ether oxygens (including phenoxy) is 2. The molecule has 24 heteroatoms. The highest BCUT2D eigenvalue weighted by Crippen LogP contribution is 2.50. The summed E-state index contributed by atoms with van der Waals surface area (Å²) in [6.45, 7) is -1.25. The fraction of sp³-hybridized carbons (Fsp3) is 0.524. The Kier molecular flexibility index (Phi) is 8.82. The smallest absolute Gasteiger partial charge is 0.394 e. The lowest BCUT2D eigenvalue weighted by Gasteiger charge is -2.24. The molecule has 0 bridgehead atoms. The van der Waals surface area contributed by atoms with E-state index in [2.05, 4.69) is 29.9 Å². The van der Waals surface area contributed by atoms with E-state index in [9.17, 15) is 39.0 Å². The number of aliphatic hydroxyl groups is 3. The number of H-pyrrole nitrogens is 1. The van der Waals surface area contributed by atoms with E-state index in [-0.39, 0.29) is 34.6 Å². The minimum Gasteiger partial charge on any atom is -0.394 e. The van der Waals surface area contributed by atoms with Gasteiger partial charge in [-0.3, -0.25) is 27.5 Å². The Morgan fingerprint density at radius 3 is 2.42 bits per heavy atom. The Balaban J connectivity index is 1.16. The minimum atomic E-state index is -5.00. The summed E-state index contributed by atoms with van der Waals surface area (Å²) in [5.41, 5.74) is 5.60. The molecule has 22 nitrogen and oxygen atoms in total. The summed E-state index contributed by atoms with van der Waals surface area (Å²) in [6.07, 6.45) is -6.65. The Hall–Kier alpha value is -3.24. The molecule has 6 heterocycles. The summed E-state index contributed by atoms with van der Waals surface area (Å²) in [6, 6.07) is 0. The van der Waals surface area contributed by atoms with Gasteiger partial charge in [0.25, 0.3) is 5.56 Å². The highest BCUT2D eigenvalue weighted by molar-refractivity contribution is 7.47. The van der Waals surface area contributed by atoms with Gasteiger partial charge in [0, 0.05) is 6.42 Å². The quantitative estimate of drug-likeness (QED) is 0.0823. The second-order valence-corrected chi connectivity index (χ2v) is 12.1. The molecule has 2 aliphatic heterocycles. The van der Waals surface area contributed by atoms with E-state index < -0.39 is 83.9 Å². The molecule has 2 saturated heterocycles. The van der Waals surface area contributed by atoms with Gasteiger partial charge in [0.15, 0.2) is 35.1 Å². The number of nitrogens with one attached hydrogen (secondary N) is 1. The number of fused-ring (bicyclic) bond motifs is 2. The normalized spacial score (nSPS) is 30.7. The predicted molar refractivity (Wildman–Crippen MR) is 146 cm³/mol. The number of hydrogen-bond donors (Lipinski definition) is 7. The molecule has 0 aliphatic carbocycles. The number of nitrogen functional groups attached to an aromatic ring is 1. The van der Waals surface area contributed by atoms with Crippen molar-refractivity contribution in [1.29, 1.82) is 0 Å². The van der Waals surface area contributed by atoms with Gasteiger partial charge in [-0.15, -0.1) is 0 Å². The number of aromatic amines is 1. The van der Waals surface area contributed by atoms with Gasteiger partial charge in [0.05, 0.1) is 38.3 Å². The van der Waals surface area contributed by atoms with Crippen molar-refractivity contribution < 1.29 is 57.3 Å². The standard InChI is InChI=1S/C21H27N9O13P2/c22-16-10-17(24-4-23-16)29(6-27-10)20-13(33)14(42-44(35)36)8(40-20)1-2-39-45(37,38)43-15-12(32)9(3-31)41-21(15)30-7-28-11-18(30)25-5-26-19(11)34/h4-9,12-15,20-21,31-33,44H,1-3H2,(H,35,36)(H,37,38)(H2,22,23,24)(H,25,26,34)/t8-,9-,12-,13-,14-,15-,20-,21-/m1/s1. The first kappa shape index (κ1) is 31.7. The molecule has 0 aromatic carbocycles. The average molecular weight is 675 g/mol. The Morgan fingerprint density at radius 2 is 1.69 bits per heavy atom. The van der Waals surface area contributed by atoms with Crippen LogP contribution in [0.2, 0.25) is 0 Å². The van der Waals surface area contributed by atoms with Crippen molar-refractivity contribution in [2.24, 2.45) is 0 Å². The van der Waals surface area contributed by atoms with Crippen molar-refractivity contribution in [3.05, 3.63) is 35.7 Å². The fourth-order valence-corrected chi connectivity index (χ4v) is 6.68. The van der Waals surface area contributed by atoms with E-state index in [1.807, 2.05) is 0 Å². The van der Waals surface area contributed by atoms with Crippen LogP contribution in [0.1, 0.15) is 18.9 Å². The number of nitrogens with zero attached hydrogens (tertiary/aromatic N) is 7. The molecule has 2 unspecified atom stereocenters. The average Bonchev–Trinajstić information content (AvgIpc) is 3.75. The number of aliphatic hydroxyl groups excluding tert-OH is 3. The molecule has 0 saturated carbocycles. The molecule has 0 radical (unpaired) electrons. The van der Waals surface area contributed by atoms with Gasteiger partial charge < -0.3 is 49.8 Å².